The number of ketones is 2. The lowest BCUT2D eigenvalue weighted by atomic mass is 9.84. The van der Waals surface area contributed by atoms with Gasteiger partial charge in [0.1, 0.15) is 12.4 Å². The second-order valence-corrected chi connectivity index (χ2v) is 23.1. The molecule has 8 aromatic carbocycles. The summed E-state index contributed by atoms with van der Waals surface area (Å²) in [6, 6.07) is 76.8. The molecular weight excluding hydrogens is 1090 g/mol. The molecule has 1 aliphatic carbocycles. The van der Waals surface area contributed by atoms with E-state index in [1.807, 2.05) is 147 Å². The van der Waals surface area contributed by atoms with Crippen LogP contribution in [-0.2, 0) is 33.4 Å². The Hall–Kier alpha value is -8.03. The van der Waals surface area contributed by atoms with Crippen molar-refractivity contribution in [2.75, 3.05) is 32.2 Å². The fourth-order valence-electron chi connectivity index (χ4n) is 11.1. The fourth-order valence-corrected chi connectivity index (χ4v) is 14.3. The summed E-state index contributed by atoms with van der Waals surface area (Å²) >= 11 is 3.33. The molecule has 0 unspecified atom stereocenters. The summed E-state index contributed by atoms with van der Waals surface area (Å²) in [6.45, 7) is 6.18. The minimum Gasteiger partial charge on any atom is -0.449 e. The van der Waals surface area contributed by atoms with Crippen LogP contribution in [0, 0.1) is 11.8 Å². The molecule has 12 heteroatoms. The number of nitrogens with two attached hydrogens (primary N) is 1. The first-order chi connectivity index (χ1) is 41.9. The van der Waals surface area contributed by atoms with Gasteiger partial charge in [0, 0.05) is 45.7 Å². The third kappa shape index (κ3) is 15.7. The summed E-state index contributed by atoms with van der Waals surface area (Å²) in [5.74, 6) is -0.986. The number of amides is 3. The predicted octanol–water partition coefficient (Wildman–Crippen LogP) is 14.1. The van der Waals surface area contributed by atoms with Crippen LogP contribution in [-0.4, -0.2) is 73.8 Å². The quantitative estimate of drug-likeness (QED) is 0.0409. The maximum absolute atomic E-state index is 13.8. The van der Waals surface area contributed by atoms with E-state index < -0.39 is 39.5 Å². The Morgan fingerprint density at radius 2 is 0.800 bits per heavy atom. The number of alkyl carbamates (subject to hydrolysis) is 1. The number of ether oxygens (including phenoxy) is 1. The molecule has 10 nitrogen and oxygen atoms in total. The Morgan fingerprint density at radius 1 is 0.494 bits per heavy atom. The molecule has 4 atom stereocenters. The van der Waals surface area contributed by atoms with Crippen LogP contribution in [0.25, 0.3) is 11.1 Å². The molecule has 0 aliphatic heterocycles. The lowest BCUT2D eigenvalue weighted by molar-refractivity contribution is -0.129. The number of carbonyl (C=O) groups excluding carboxylic acids is 5. The molecule has 0 aromatic heterocycles. The topological polar surface area (TPSA) is 157 Å². The third-order valence-electron chi connectivity index (χ3n) is 15.5. The number of carbonyl (C=O) groups is 5. The summed E-state index contributed by atoms with van der Waals surface area (Å²) in [4.78, 5) is 65.7. The van der Waals surface area contributed by atoms with Crippen molar-refractivity contribution in [3.8, 4) is 11.1 Å². The van der Waals surface area contributed by atoms with Gasteiger partial charge in [-0.3, -0.25) is 19.2 Å². The maximum atomic E-state index is 13.8. The van der Waals surface area contributed by atoms with Crippen molar-refractivity contribution in [1.29, 1.82) is 0 Å². The van der Waals surface area contributed by atoms with Gasteiger partial charge >= 0.3 is 6.09 Å². The average molecular weight is 1170 g/mol. The Kier molecular flexibility index (Phi) is 23.9. The Bertz CT molecular complexity index is 3160. The van der Waals surface area contributed by atoms with E-state index in [4.69, 9.17) is 11.8 Å². The van der Waals surface area contributed by atoms with Crippen LogP contribution in [0.4, 0.5) is 4.79 Å². The average Bonchev–Trinajstić information content (AvgIpc) is 2.97. The maximum Gasteiger partial charge on any atom is 0.407 e. The number of rotatable bonds is 25. The first-order valence-corrected chi connectivity index (χ1v) is 31.1. The first-order valence-electron chi connectivity index (χ1n) is 29.9. The van der Waals surface area contributed by atoms with E-state index in [-0.39, 0.29) is 48.7 Å². The Labute approximate surface area is 513 Å². The molecule has 3 amide bonds. The van der Waals surface area contributed by atoms with Gasteiger partial charge in [-0.2, -0.15) is 0 Å². The number of fused-ring (bicyclic) bond motifs is 3. The molecule has 0 heterocycles. The molecule has 0 fully saturated rings. The summed E-state index contributed by atoms with van der Waals surface area (Å²) in [7, 11) is 3.21. The molecule has 0 saturated heterocycles. The number of benzene rings is 8. The minimum atomic E-state index is -0.787. The summed E-state index contributed by atoms with van der Waals surface area (Å²) in [6.07, 6.45) is 0.404. The normalized spacial score (nSPS) is 13.2. The highest BCUT2D eigenvalue weighted by atomic mass is 32.2. The molecular formula is C73H80N4O6S2. The second kappa shape index (κ2) is 32.3. The van der Waals surface area contributed by atoms with Gasteiger partial charge in [0.25, 0.3) is 0 Å². The fraction of sp³-hybridized carbons (Fsp3) is 0.274. The van der Waals surface area contributed by atoms with Gasteiger partial charge in [-0.1, -0.05) is 258 Å². The third-order valence-corrected chi connectivity index (χ3v) is 18.9. The largest absolute Gasteiger partial charge is 0.449 e. The van der Waals surface area contributed by atoms with Crippen LogP contribution < -0.4 is 21.7 Å². The van der Waals surface area contributed by atoms with Gasteiger partial charge in [0.15, 0.2) is 5.78 Å². The lowest BCUT2D eigenvalue weighted by Crippen LogP contribution is -2.43. The summed E-state index contributed by atoms with van der Waals surface area (Å²) in [5.41, 5.74) is 17.1. The van der Waals surface area contributed by atoms with Crippen LogP contribution in [0.5, 0.6) is 0 Å². The van der Waals surface area contributed by atoms with Gasteiger partial charge in [-0.15, -0.1) is 23.5 Å². The number of hydrogen-bond acceptors (Lipinski definition) is 9. The van der Waals surface area contributed by atoms with Crippen molar-refractivity contribution in [2.24, 2.45) is 17.6 Å². The summed E-state index contributed by atoms with van der Waals surface area (Å²) < 4.78 is 10.8. The second-order valence-electron chi connectivity index (χ2n) is 20.6. The monoisotopic (exact) mass is 1170 g/mol. The molecule has 1 aliphatic rings. The summed E-state index contributed by atoms with van der Waals surface area (Å²) in [5, 5.41) is 8.31. The van der Waals surface area contributed by atoms with Gasteiger partial charge in [0.2, 0.25) is 11.8 Å². The van der Waals surface area contributed by atoms with Gasteiger partial charge < -0.3 is 26.4 Å². The van der Waals surface area contributed by atoms with Crippen molar-refractivity contribution < 1.29 is 30.1 Å². The number of thioether (sulfide) groups is 2. The minimum absolute atomic E-state index is 0.0245. The van der Waals surface area contributed by atoms with Crippen LogP contribution in [0.3, 0.4) is 0 Å². The SMILES string of the molecule is CC[C@H](N)C(=O)C[C@@H](CSC(c1ccccc1)(c1ccccc1)c1ccccc1)C(=O)NC.CC[C@H](NC(=O)OCC1c2ccccc2-c2ccccc21)C(=O)C[C@@H](CSC(c1ccccc1)(c1ccccc1)c1ccccc1)C(=O)NC.[2H]CC. The molecule has 0 radical (unpaired) electrons. The van der Waals surface area contributed by atoms with E-state index in [1.54, 1.807) is 44.5 Å². The highest BCUT2D eigenvalue weighted by molar-refractivity contribution is 8.00. The zero-order chi connectivity index (χ0) is 61.3. The molecule has 9 rings (SSSR count). The zero-order valence-corrected chi connectivity index (χ0v) is 51.0. The zero-order valence-electron chi connectivity index (χ0n) is 50.3. The first kappa shape index (κ1) is 63.0. The molecule has 8 aromatic rings. The van der Waals surface area contributed by atoms with Gasteiger partial charge in [-0.05, 0) is 68.5 Å². The lowest BCUT2D eigenvalue weighted by Gasteiger charge is -2.36. The Morgan fingerprint density at radius 3 is 1.11 bits per heavy atom. The van der Waals surface area contributed by atoms with Crippen LogP contribution >= 0.6 is 23.5 Å². The molecule has 440 valence electrons. The highest BCUT2D eigenvalue weighted by Crippen LogP contribution is 2.51. The van der Waals surface area contributed by atoms with Crippen molar-refractivity contribution in [3.63, 3.8) is 0 Å². The van der Waals surface area contributed by atoms with E-state index in [0.717, 1.165) is 55.6 Å². The standard InChI is InChI=1S/C43H42N2O4S.C28H32N2O2S.C2H6/c1-3-39(45-42(48)49-28-38-36-25-15-13-23-34(36)35-24-14-16-26-37(35)38)40(46)27-30(41(47)44-2)29-50-43(31-17-7-4-8-18-31,32-19-9-5-10-20-32)33-21-11-6-12-22-33;1-3-25(29)26(31)19-21(27(32)30-2)20-33-28(22-13-7-4-8-14-22,23-15-9-5-10-16-23)24-17-11-6-12-18-24;1-2/h4-26,30,38-39H,3,27-29H2,1-2H3,(H,44,47)(H,45,48);4-18,21,25H,3,19-20,29H2,1-2H3,(H,30,32);1-2H3/t30-,39-;21-,25-;/m00./s1/i;;1D. The number of hydrogen-bond donors (Lipinski definition) is 4. The van der Waals surface area contributed by atoms with Crippen molar-refractivity contribution >= 4 is 53.0 Å². The van der Waals surface area contributed by atoms with Gasteiger partial charge in [-0.25, -0.2) is 4.79 Å². The molecule has 0 spiro atoms. The highest BCUT2D eigenvalue weighted by Gasteiger charge is 2.41. The van der Waals surface area contributed by atoms with Crippen LogP contribution in [0.1, 0.15) is 105 Å². The molecule has 5 N–H and O–H groups in total. The van der Waals surface area contributed by atoms with Gasteiger partial charge in [0.05, 0.1) is 33.4 Å². The van der Waals surface area contributed by atoms with Crippen LogP contribution in [0.15, 0.2) is 231 Å². The predicted molar refractivity (Wildman–Crippen MR) is 350 cm³/mol. The number of Topliss-reactive ketones (excluding diaryl/α,β-unsaturated/α-hetero) is 2. The van der Waals surface area contributed by atoms with Crippen LogP contribution in [0.2, 0.25) is 0 Å². The molecule has 0 bridgehead atoms. The number of nitrogens with one attached hydrogen (secondary N) is 3. The molecule has 0 saturated carbocycles. The van der Waals surface area contributed by atoms with Crippen molar-refractivity contribution in [3.05, 3.63) is 275 Å². The van der Waals surface area contributed by atoms with E-state index in [0.29, 0.717) is 31.2 Å². The smallest absolute Gasteiger partial charge is 0.407 e. The van der Waals surface area contributed by atoms with E-state index in [2.05, 4.69) is 113 Å². The van der Waals surface area contributed by atoms with Crippen molar-refractivity contribution in [1.82, 2.24) is 16.0 Å². The van der Waals surface area contributed by atoms with Crippen molar-refractivity contribution in [2.45, 2.75) is 80.8 Å². The Balaban J connectivity index is 0.000000254. The molecule has 85 heavy (non-hydrogen) atoms. The van der Waals surface area contributed by atoms with E-state index in [1.165, 1.54) is 0 Å². The van der Waals surface area contributed by atoms with E-state index in [9.17, 15) is 24.0 Å². The van der Waals surface area contributed by atoms with E-state index >= 15 is 0 Å².